The van der Waals surface area contributed by atoms with Gasteiger partial charge in [-0.1, -0.05) is 18.2 Å². The van der Waals surface area contributed by atoms with Crippen LogP contribution in [0.2, 0.25) is 0 Å². The molecule has 0 radical (unpaired) electrons. The van der Waals surface area contributed by atoms with Gasteiger partial charge in [0.2, 0.25) is 5.91 Å². The normalized spacial score (nSPS) is 10.6. The van der Waals surface area contributed by atoms with E-state index in [1.807, 2.05) is 24.3 Å². The summed E-state index contributed by atoms with van der Waals surface area (Å²) in [4.78, 5) is 15.2. The van der Waals surface area contributed by atoms with Crippen molar-refractivity contribution < 1.29 is 4.79 Å². The van der Waals surface area contributed by atoms with Gasteiger partial charge < -0.3 is 5.73 Å². The third-order valence-electron chi connectivity index (χ3n) is 2.60. The summed E-state index contributed by atoms with van der Waals surface area (Å²) in [5.74, 6) is -0.285. The SMILES string of the molecule is Cc1cc(CCC(N)=O)nc2ccccc12. The van der Waals surface area contributed by atoms with Crippen LogP contribution in [0.15, 0.2) is 30.3 Å². The van der Waals surface area contributed by atoms with Gasteiger partial charge >= 0.3 is 0 Å². The van der Waals surface area contributed by atoms with E-state index in [-0.39, 0.29) is 5.91 Å². The lowest BCUT2D eigenvalue weighted by Crippen LogP contribution is -2.11. The van der Waals surface area contributed by atoms with Crippen LogP contribution in [-0.2, 0) is 11.2 Å². The van der Waals surface area contributed by atoms with Gasteiger partial charge in [0.25, 0.3) is 0 Å². The Labute approximate surface area is 94.3 Å². The summed E-state index contributed by atoms with van der Waals surface area (Å²) in [7, 11) is 0. The number of amides is 1. The van der Waals surface area contributed by atoms with Crippen molar-refractivity contribution in [2.45, 2.75) is 19.8 Å². The number of hydrogen-bond donors (Lipinski definition) is 1. The van der Waals surface area contributed by atoms with Gasteiger partial charge in [-0.25, -0.2) is 0 Å². The highest BCUT2D eigenvalue weighted by molar-refractivity contribution is 5.82. The first-order valence-corrected chi connectivity index (χ1v) is 5.30. The van der Waals surface area contributed by atoms with Crippen LogP contribution in [0.3, 0.4) is 0 Å². The fourth-order valence-electron chi connectivity index (χ4n) is 1.80. The van der Waals surface area contributed by atoms with Crippen LogP contribution < -0.4 is 5.73 Å². The molecule has 0 unspecified atom stereocenters. The molecule has 0 saturated heterocycles. The number of aryl methyl sites for hydroxylation is 2. The molecule has 0 aliphatic carbocycles. The number of benzene rings is 1. The number of nitrogens with zero attached hydrogens (tertiary/aromatic N) is 1. The Bertz CT molecular complexity index is 534. The Morgan fingerprint density at radius 3 is 2.88 bits per heavy atom. The summed E-state index contributed by atoms with van der Waals surface area (Å²) in [5.41, 5.74) is 8.21. The van der Waals surface area contributed by atoms with E-state index in [0.717, 1.165) is 16.6 Å². The Kier molecular flexibility index (Phi) is 2.86. The van der Waals surface area contributed by atoms with Crippen molar-refractivity contribution in [1.82, 2.24) is 4.98 Å². The average Bonchev–Trinajstić information content (AvgIpc) is 2.26. The van der Waals surface area contributed by atoms with E-state index in [9.17, 15) is 4.79 Å². The number of nitrogens with two attached hydrogens (primary N) is 1. The van der Waals surface area contributed by atoms with Gasteiger partial charge in [0.05, 0.1) is 5.52 Å². The van der Waals surface area contributed by atoms with E-state index in [0.29, 0.717) is 12.8 Å². The summed E-state index contributed by atoms with van der Waals surface area (Å²) in [6.07, 6.45) is 0.964. The number of pyridine rings is 1. The number of primary amides is 1. The van der Waals surface area contributed by atoms with Crippen LogP contribution in [0.4, 0.5) is 0 Å². The summed E-state index contributed by atoms with van der Waals surface area (Å²) in [5, 5.41) is 1.16. The third kappa shape index (κ3) is 2.19. The molecule has 2 N–H and O–H groups in total. The number of rotatable bonds is 3. The van der Waals surface area contributed by atoms with Crippen molar-refractivity contribution in [2.24, 2.45) is 5.73 Å². The Hall–Kier alpha value is -1.90. The van der Waals surface area contributed by atoms with Crippen LogP contribution in [0.1, 0.15) is 17.7 Å². The number of carbonyl (C=O) groups excluding carboxylic acids is 1. The molecule has 0 atom stereocenters. The van der Waals surface area contributed by atoms with E-state index in [1.165, 1.54) is 5.56 Å². The maximum absolute atomic E-state index is 10.7. The maximum atomic E-state index is 10.7. The zero-order chi connectivity index (χ0) is 11.5. The largest absolute Gasteiger partial charge is 0.370 e. The van der Waals surface area contributed by atoms with Gasteiger partial charge in [-0.2, -0.15) is 0 Å². The highest BCUT2D eigenvalue weighted by Crippen LogP contribution is 2.17. The predicted octanol–water partition coefficient (Wildman–Crippen LogP) is 1.96. The van der Waals surface area contributed by atoms with E-state index in [1.54, 1.807) is 0 Å². The van der Waals surface area contributed by atoms with Crippen molar-refractivity contribution in [2.75, 3.05) is 0 Å². The van der Waals surface area contributed by atoms with Crippen LogP contribution in [-0.4, -0.2) is 10.9 Å². The van der Waals surface area contributed by atoms with Crippen molar-refractivity contribution in [3.8, 4) is 0 Å². The molecule has 1 amide bonds. The van der Waals surface area contributed by atoms with Gasteiger partial charge in [0.1, 0.15) is 0 Å². The molecule has 16 heavy (non-hydrogen) atoms. The third-order valence-corrected chi connectivity index (χ3v) is 2.60. The van der Waals surface area contributed by atoms with Gasteiger partial charge in [-0.15, -0.1) is 0 Å². The molecule has 3 heteroatoms. The molecule has 3 nitrogen and oxygen atoms in total. The molecular weight excluding hydrogens is 200 g/mol. The minimum Gasteiger partial charge on any atom is -0.370 e. The molecule has 0 aliphatic heterocycles. The van der Waals surface area contributed by atoms with Gasteiger partial charge in [-0.05, 0) is 31.0 Å². The lowest BCUT2D eigenvalue weighted by Gasteiger charge is -2.05. The molecule has 0 bridgehead atoms. The number of hydrogen-bond acceptors (Lipinski definition) is 2. The number of para-hydroxylation sites is 1. The number of aromatic nitrogens is 1. The lowest BCUT2D eigenvalue weighted by atomic mass is 10.1. The molecule has 0 spiro atoms. The van der Waals surface area contributed by atoms with Gasteiger partial charge in [-0.3, -0.25) is 9.78 Å². The summed E-state index contributed by atoms with van der Waals surface area (Å²) >= 11 is 0. The summed E-state index contributed by atoms with van der Waals surface area (Å²) in [6.45, 7) is 2.05. The maximum Gasteiger partial charge on any atom is 0.217 e. The Morgan fingerprint density at radius 2 is 2.12 bits per heavy atom. The molecule has 1 aromatic carbocycles. The molecule has 0 aliphatic rings. The minimum atomic E-state index is -0.285. The Morgan fingerprint density at radius 1 is 1.38 bits per heavy atom. The zero-order valence-electron chi connectivity index (χ0n) is 9.23. The van der Waals surface area contributed by atoms with Crippen LogP contribution in [0, 0.1) is 6.92 Å². The first kappa shape index (κ1) is 10.6. The second-order valence-electron chi connectivity index (χ2n) is 3.91. The van der Waals surface area contributed by atoms with Crippen molar-refractivity contribution in [3.05, 3.63) is 41.6 Å². The summed E-state index contributed by atoms with van der Waals surface area (Å²) < 4.78 is 0. The topological polar surface area (TPSA) is 56.0 Å². The van der Waals surface area contributed by atoms with Crippen molar-refractivity contribution in [3.63, 3.8) is 0 Å². The van der Waals surface area contributed by atoms with Crippen LogP contribution in [0.25, 0.3) is 10.9 Å². The molecule has 0 saturated carbocycles. The molecule has 82 valence electrons. The fourth-order valence-corrected chi connectivity index (χ4v) is 1.80. The summed E-state index contributed by atoms with van der Waals surface area (Å²) in [6, 6.07) is 10.0. The fraction of sp³-hybridized carbons (Fsp3) is 0.231. The standard InChI is InChI=1S/C13H14N2O/c1-9-8-10(6-7-13(14)16)15-12-5-3-2-4-11(9)12/h2-5,8H,6-7H2,1H3,(H2,14,16). The number of fused-ring (bicyclic) bond motifs is 1. The molecule has 1 aromatic heterocycles. The molecule has 0 fully saturated rings. The second-order valence-corrected chi connectivity index (χ2v) is 3.91. The van der Waals surface area contributed by atoms with Crippen molar-refractivity contribution >= 4 is 16.8 Å². The monoisotopic (exact) mass is 214 g/mol. The Balaban J connectivity index is 2.38. The van der Waals surface area contributed by atoms with Gasteiger partial charge in [0.15, 0.2) is 0 Å². The zero-order valence-corrected chi connectivity index (χ0v) is 9.23. The van der Waals surface area contributed by atoms with Crippen molar-refractivity contribution in [1.29, 1.82) is 0 Å². The van der Waals surface area contributed by atoms with Gasteiger partial charge in [0, 0.05) is 17.5 Å². The molecule has 2 rings (SSSR count). The second kappa shape index (κ2) is 4.31. The minimum absolute atomic E-state index is 0.285. The lowest BCUT2D eigenvalue weighted by molar-refractivity contribution is -0.118. The first-order chi connectivity index (χ1) is 7.66. The first-order valence-electron chi connectivity index (χ1n) is 5.30. The number of carbonyl (C=O) groups is 1. The molecule has 2 aromatic rings. The molecule has 1 heterocycles. The predicted molar refractivity (Wildman–Crippen MR) is 64.0 cm³/mol. The van der Waals surface area contributed by atoms with Crippen LogP contribution in [0.5, 0.6) is 0 Å². The van der Waals surface area contributed by atoms with Crippen LogP contribution >= 0.6 is 0 Å². The van der Waals surface area contributed by atoms with E-state index in [4.69, 9.17) is 5.73 Å². The molecular formula is C13H14N2O. The average molecular weight is 214 g/mol. The van der Waals surface area contributed by atoms with E-state index < -0.39 is 0 Å². The smallest absolute Gasteiger partial charge is 0.217 e. The van der Waals surface area contributed by atoms with E-state index >= 15 is 0 Å². The highest BCUT2D eigenvalue weighted by atomic mass is 16.1. The quantitative estimate of drug-likeness (QED) is 0.849. The highest BCUT2D eigenvalue weighted by Gasteiger charge is 2.03. The van der Waals surface area contributed by atoms with E-state index in [2.05, 4.69) is 18.0 Å².